The first-order valence-electron chi connectivity index (χ1n) is 48.7. The van der Waals surface area contributed by atoms with E-state index in [9.17, 15) is 49.8 Å². The van der Waals surface area contributed by atoms with E-state index in [1.165, 1.54) is 38.5 Å². The maximum atomic E-state index is 14.6. The Balaban J connectivity index is 0.697. The summed E-state index contributed by atoms with van der Waals surface area (Å²) in [5.41, 5.74) is 2.05. The fourth-order valence-electron chi connectivity index (χ4n) is 32.1. The molecule has 20 unspecified atom stereocenters. The summed E-state index contributed by atoms with van der Waals surface area (Å²) in [6, 6.07) is 39.9. The molecule has 0 heterocycles. The zero-order chi connectivity index (χ0) is 94.9. The largest absolute Gasteiger partial charge is 0.508 e. The Morgan fingerprint density at radius 2 is 0.485 bits per heavy atom. The molecule has 16 saturated carbocycles. The highest BCUT2D eigenvalue weighted by Gasteiger charge is 2.68. The molecule has 136 heavy (non-hydrogen) atoms. The van der Waals surface area contributed by atoms with Gasteiger partial charge in [-0.05, 0) is 303 Å². The van der Waals surface area contributed by atoms with Crippen LogP contribution in [0, 0.1) is 45.3 Å². The van der Waals surface area contributed by atoms with Gasteiger partial charge in [-0.25, -0.2) is 19.2 Å². The molecule has 0 radical (unpaired) electrons. The number of phenols is 4. The van der Waals surface area contributed by atoms with Gasteiger partial charge in [-0.15, -0.1) is 0 Å². The molecule has 6 N–H and O–H groups in total. The van der Waals surface area contributed by atoms with Crippen LogP contribution < -0.4 is 9.47 Å². The van der Waals surface area contributed by atoms with Crippen molar-refractivity contribution in [2.75, 3.05) is 69.8 Å². The summed E-state index contributed by atoms with van der Waals surface area (Å²) in [5, 5.41) is 77.3. The summed E-state index contributed by atoms with van der Waals surface area (Å²) in [4.78, 5) is 58.4. The smallest absolute Gasteiger partial charge is 0.340 e. The standard InChI is InChI=1S/C112H128O24/c1-101-35-65-39-105(49-101,125-7)57-109(43-65,53-101)133-61-129-97(119)73-19-11-69(12-20-73)93-80-30-82(88(116)28-78(80)48-114)95(71-15-23-75(24-16-71)99(121)131-63-135-111-45-67-37-103(3,55-111)51-107(41-67,59-111)127-9)86-32-84(90(118)34-92(86)124-6)96(72-17-25-76(26-18-72)100(122)132-64-136-112-46-68-38-104(4,56-112)52-108(42-68,60-112)128-10)85-31-83(89(117)33-91(85)123-5)94(79-29-81(93)87(115)27-77(79)47-113)70-13-21-74(22-14-70)98(120)130-62-134-110-44-66-36-102(2,54-110)50-106(40-66,58-110)126-8/h11-34,65-68,93-96,113-118H,35-64H2,1-10H3. The molecule has 720 valence electrons. The van der Waals surface area contributed by atoms with E-state index in [4.69, 9.17) is 66.3 Å². The van der Waals surface area contributed by atoms with Crippen molar-refractivity contribution in [2.24, 2.45) is 45.3 Å². The van der Waals surface area contributed by atoms with Gasteiger partial charge in [0.25, 0.3) is 0 Å². The van der Waals surface area contributed by atoms with E-state index < -0.39 is 83.2 Å². The first-order valence-corrected chi connectivity index (χ1v) is 48.7. The van der Waals surface area contributed by atoms with Crippen molar-refractivity contribution < 1.29 is 116 Å². The Morgan fingerprint density at radius 3 is 0.706 bits per heavy atom. The van der Waals surface area contributed by atoms with E-state index in [1.807, 2.05) is 0 Å². The van der Waals surface area contributed by atoms with Gasteiger partial charge >= 0.3 is 23.9 Å². The predicted molar refractivity (Wildman–Crippen MR) is 499 cm³/mol. The minimum atomic E-state index is -1.16. The van der Waals surface area contributed by atoms with Gasteiger partial charge in [0.15, 0.2) is 27.2 Å². The number of fused-ring (bicyclic) bond motifs is 8. The molecular weight excluding hydrogens is 1730 g/mol. The number of methoxy groups -OCH3 is 6. The lowest BCUT2D eigenvalue weighted by atomic mass is 9.46. The van der Waals surface area contributed by atoms with Crippen molar-refractivity contribution in [3.8, 4) is 34.5 Å². The molecule has 25 rings (SSSR count). The van der Waals surface area contributed by atoms with Crippen molar-refractivity contribution in [3.05, 3.63) is 246 Å². The maximum absolute atomic E-state index is 14.6. The summed E-state index contributed by atoms with van der Waals surface area (Å²) < 4.78 is 88.9. The minimum Gasteiger partial charge on any atom is -0.508 e. The second-order valence-corrected chi connectivity index (χ2v) is 45.4. The third-order valence-corrected chi connectivity index (χ3v) is 35.0. The number of carbonyl (C=O) groups is 4. The fourth-order valence-corrected chi connectivity index (χ4v) is 32.1. The molecule has 24 bridgehead atoms. The molecule has 0 aromatic heterocycles. The van der Waals surface area contributed by atoms with Gasteiger partial charge in [0.2, 0.25) is 0 Å². The summed E-state index contributed by atoms with van der Waals surface area (Å²) >= 11 is 0. The number of hydrogen-bond acceptors (Lipinski definition) is 24. The molecule has 16 fully saturated rings. The number of rotatable bonds is 28. The van der Waals surface area contributed by atoms with E-state index in [1.54, 1.807) is 150 Å². The lowest BCUT2D eigenvalue weighted by Gasteiger charge is -2.64. The number of carbonyl (C=O) groups excluding carboxylic acids is 4. The summed E-state index contributed by atoms with van der Waals surface area (Å²) in [7, 11) is 10.0. The molecule has 8 aromatic rings. The topological polar surface area (TPSA) is 319 Å². The quantitative estimate of drug-likeness (QED) is 0.0151. The van der Waals surface area contributed by atoms with Crippen LogP contribution in [0.4, 0.5) is 0 Å². The molecule has 17 aliphatic rings. The SMILES string of the molecule is COc1cc(O)c2cc1C(c1ccc(C(=O)OCOC34CC5CC(C)(CC(OC)(C5)C3)C4)cc1)c1cc(c(OC)cc1O)C(c1ccc(C(=O)OCOC34CC5CC(C)(CC(OC)(C5)C3)C4)cc1)c1cc(c(CO)cc1O)C(c1ccc(C(=O)OCOC34CC5CC(C)(CC(OC)(C5)C3)C4)cc1)c1cc(c(CO)cc1O)C2c1ccc(C(=O)OCOC23CC4CC(C)(CC(OC)(C4)C2)C3)cc1. The normalized spacial score (nSPS) is 34.6. The highest BCUT2D eigenvalue weighted by Crippen LogP contribution is 2.70. The summed E-state index contributed by atoms with van der Waals surface area (Å²) in [5.74, 6) is -6.42. The van der Waals surface area contributed by atoms with Gasteiger partial charge in [0.1, 0.15) is 34.5 Å². The average molecular weight is 1860 g/mol. The highest BCUT2D eigenvalue weighted by atomic mass is 16.7. The average Bonchev–Trinajstić information content (AvgIpc) is 0.712. The Kier molecular flexibility index (Phi) is 23.1. The van der Waals surface area contributed by atoms with Crippen molar-refractivity contribution in [1.29, 1.82) is 0 Å². The van der Waals surface area contributed by atoms with Crippen molar-refractivity contribution in [1.82, 2.24) is 0 Å². The zero-order valence-electron chi connectivity index (χ0n) is 79.7. The second-order valence-electron chi connectivity index (χ2n) is 45.4. The van der Waals surface area contributed by atoms with Crippen molar-refractivity contribution in [3.63, 3.8) is 0 Å². The van der Waals surface area contributed by atoms with Gasteiger partial charge < -0.3 is 97.0 Å². The molecule has 17 aliphatic carbocycles. The van der Waals surface area contributed by atoms with Crippen LogP contribution in [0.5, 0.6) is 34.5 Å². The third-order valence-electron chi connectivity index (χ3n) is 35.0. The van der Waals surface area contributed by atoms with E-state index in [-0.39, 0.29) is 161 Å². The number of phenolic OH excluding ortho intramolecular Hbond substituents is 4. The lowest BCUT2D eigenvalue weighted by Crippen LogP contribution is -2.64. The molecule has 24 nitrogen and oxygen atoms in total. The van der Waals surface area contributed by atoms with Crippen LogP contribution in [0.25, 0.3) is 0 Å². The molecule has 8 aromatic carbocycles. The predicted octanol–water partition coefficient (Wildman–Crippen LogP) is 19.6. The van der Waals surface area contributed by atoms with Crippen LogP contribution in [0.3, 0.4) is 0 Å². The Labute approximate surface area is 794 Å². The van der Waals surface area contributed by atoms with Gasteiger partial charge in [-0.2, -0.15) is 0 Å². The molecule has 24 heteroatoms. The molecule has 0 amide bonds. The Bertz CT molecular complexity index is 5290. The molecule has 0 saturated heterocycles. The monoisotopic (exact) mass is 1860 g/mol. The van der Waals surface area contributed by atoms with E-state index in [2.05, 4.69) is 27.7 Å². The number of aromatic hydroxyl groups is 4. The molecule has 0 spiro atoms. The fraction of sp³-hybridized carbons (Fsp3) is 0.536. The van der Waals surface area contributed by atoms with Crippen LogP contribution in [0.2, 0.25) is 0 Å². The summed E-state index contributed by atoms with van der Waals surface area (Å²) in [6.07, 6.45) is 21.5. The van der Waals surface area contributed by atoms with Gasteiger partial charge in [-0.1, -0.05) is 76.2 Å². The van der Waals surface area contributed by atoms with Crippen LogP contribution >= 0.6 is 0 Å². The maximum Gasteiger partial charge on any atom is 0.340 e. The molecule has 20 atom stereocenters. The van der Waals surface area contributed by atoms with E-state index in [0.717, 1.165) is 128 Å². The summed E-state index contributed by atoms with van der Waals surface area (Å²) in [6.45, 7) is 6.69. The first-order chi connectivity index (χ1) is 65.1. The second kappa shape index (κ2) is 34.0. The molecule has 0 aliphatic heterocycles. The van der Waals surface area contributed by atoms with Crippen LogP contribution in [0.1, 0.15) is 325 Å². The lowest BCUT2D eigenvalue weighted by molar-refractivity contribution is -0.266. The number of benzene rings is 8. The van der Waals surface area contributed by atoms with Gasteiger partial charge in [0.05, 0.1) is 94.5 Å². The number of esters is 4. The highest BCUT2D eigenvalue weighted by molar-refractivity contribution is 5.91. The first kappa shape index (κ1) is 92.4. The zero-order valence-corrected chi connectivity index (χ0v) is 79.7. The number of aliphatic hydroxyl groups excluding tert-OH is 2. The van der Waals surface area contributed by atoms with Crippen LogP contribution in [-0.2, 0) is 70.1 Å². The third kappa shape index (κ3) is 16.4. The van der Waals surface area contributed by atoms with Gasteiger partial charge in [-0.3, -0.25) is 0 Å². The minimum absolute atomic E-state index is 0.0227. The number of aliphatic hydroxyl groups is 2. The number of hydrogen-bond donors (Lipinski definition) is 6. The Morgan fingerprint density at radius 1 is 0.272 bits per heavy atom. The van der Waals surface area contributed by atoms with E-state index in [0.29, 0.717) is 93.9 Å². The number of ether oxygens (including phenoxy) is 14. The van der Waals surface area contributed by atoms with Gasteiger partial charge in [0, 0.05) is 123 Å². The van der Waals surface area contributed by atoms with Crippen LogP contribution in [-0.4, -0.2) is 169 Å². The van der Waals surface area contributed by atoms with Crippen molar-refractivity contribution >= 4 is 23.9 Å². The van der Waals surface area contributed by atoms with Crippen molar-refractivity contribution in [2.45, 2.75) is 263 Å². The van der Waals surface area contributed by atoms with E-state index >= 15 is 0 Å². The van der Waals surface area contributed by atoms with Crippen LogP contribution in [0.15, 0.2) is 146 Å². The Hall–Kier alpha value is -9.96. The molecular formula is C112H128O24.